The number of hydrogen-bond acceptors (Lipinski definition) is 6. The highest BCUT2D eigenvalue weighted by atomic mass is 127. The molecule has 0 radical (unpaired) electrons. The van der Waals surface area contributed by atoms with E-state index in [9.17, 15) is 19.5 Å². The molecule has 0 spiro atoms. The maximum absolute atomic E-state index is 15.1. The Morgan fingerprint density at radius 2 is 1.48 bits per heavy atom. The Morgan fingerprint density at radius 1 is 0.792 bits per heavy atom. The van der Waals surface area contributed by atoms with Gasteiger partial charge in [-0.2, -0.15) is 5.01 Å². The molecule has 2 heterocycles. The number of phenolic OH excluding ortho intramolecular Hbond substituents is 1. The number of nitrogens with zero attached hydrogens (tertiary/aromatic N) is 2. The number of fused-ring (bicyclic) bond motifs is 4. The molecule has 4 aromatic rings. The van der Waals surface area contributed by atoms with Gasteiger partial charge in [0.25, 0.3) is 11.8 Å². The molecule has 0 aromatic heterocycles. The van der Waals surface area contributed by atoms with Crippen molar-refractivity contribution in [2.75, 3.05) is 10.3 Å². The number of benzene rings is 4. The summed E-state index contributed by atoms with van der Waals surface area (Å²) in [7, 11) is 0. The van der Waals surface area contributed by atoms with Crippen LogP contribution in [-0.4, -0.2) is 33.7 Å². The van der Waals surface area contributed by atoms with Crippen molar-refractivity contribution in [1.29, 1.82) is 0 Å². The lowest BCUT2D eigenvalue weighted by atomic mass is 9.49. The molecule has 3 fully saturated rings. The van der Waals surface area contributed by atoms with Gasteiger partial charge in [-0.25, -0.2) is 0 Å². The Balaban J connectivity index is 1.30. The summed E-state index contributed by atoms with van der Waals surface area (Å²) in [6.45, 7) is 1.97. The number of allylic oxidation sites excluding steroid dienone is 2. The average Bonchev–Trinajstić information content (AvgIpc) is 3.48. The van der Waals surface area contributed by atoms with E-state index in [2.05, 4.69) is 28.0 Å². The number of aromatic hydroxyl groups is 1. The zero-order valence-corrected chi connectivity index (χ0v) is 28.2. The van der Waals surface area contributed by atoms with Crippen LogP contribution >= 0.6 is 22.6 Å². The van der Waals surface area contributed by atoms with Gasteiger partial charge in [-0.15, -0.1) is 0 Å². The standard InChI is InChI=1S/C39H32IN3O5/c1-22-7-13-26(14-8-22)41-43-36(46)32-21-31-29(19-20-30-33(31)37(47)42(35(30)45)27-15-11-25(40)12-16-27)34(23-9-17-28(44)18-10-23)39(32,38(43)48)24-5-3-2-4-6-24/h2-19,30-34,41,44H,20-21H2,1H3. The van der Waals surface area contributed by atoms with Crippen LogP contribution in [0.4, 0.5) is 11.4 Å². The van der Waals surface area contributed by atoms with E-state index in [1.807, 2.05) is 79.7 Å². The maximum Gasteiger partial charge on any atom is 0.260 e. The molecule has 6 atom stereocenters. The largest absolute Gasteiger partial charge is 0.508 e. The zero-order valence-electron chi connectivity index (χ0n) is 26.0. The molecule has 240 valence electrons. The normalized spacial score (nSPS) is 27.8. The van der Waals surface area contributed by atoms with Gasteiger partial charge in [-0.05, 0) is 108 Å². The van der Waals surface area contributed by atoms with E-state index < -0.39 is 35.0 Å². The second-order valence-electron chi connectivity index (χ2n) is 13.2. The Bertz CT molecular complexity index is 1990. The van der Waals surface area contributed by atoms with Gasteiger partial charge in [-0.3, -0.25) is 29.5 Å². The molecule has 4 amide bonds. The van der Waals surface area contributed by atoms with Crippen LogP contribution < -0.4 is 10.3 Å². The van der Waals surface area contributed by atoms with Crippen LogP contribution in [0, 0.1) is 34.2 Å². The van der Waals surface area contributed by atoms with Gasteiger partial charge in [0.05, 0.1) is 34.5 Å². The second-order valence-corrected chi connectivity index (χ2v) is 14.4. The maximum atomic E-state index is 15.1. The van der Waals surface area contributed by atoms with E-state index in [1.54, 1.807) is 36.4 Å². The van der Waals surface area contributed by atoms with Crippen molar-refractivity contribution in [3.8, 4) is 5.75 Å². The quantitative estimate of drug-likeness (QED) is 0.137. The van der Waals surface area contributed by atoms with Gasteiger partial charge in [0.2, 0.25) is 11.8 Å². The summed E-state index contributed by atoms with van der Waals surface area (Å²) in [4.78, 5) is 59.4. The highest BCUT2D eigenvalue weighted by molar-refractivity contribution is 14.1. The lowest BCUT2D eigenvalue weighted by Crippen LogP contribution is -2.53. The topological polar surface area (TPSA) is 107 Å². The Kier molecular flexibility index (Phi) is 7.28. The predicted octanol–water partition coefficient (Wildman–Crippen LogP) is 6.49. The predicted molar refractivity (Wildman–Crippen MR) is 189 cm³/mol. The number of hydrazine groups is 1. The first-order valence-electron chi connectivity index (χ1n) is 16.1. The van der Waals surface area contributed by atoms with Crippen LogP contribution in [0.5, 0.6) is 5.75 Å². The lowest BCUT2D eigenvalue weighted by Gasteiger charge is -2.50. The van der Waals surface area contributed by atoms with Gasteiger partial charge >= 0.3 is 0 Å². The molecule has 2 saturated heterocycles. The van der Waals surface area contributed by atoms with Crippen LogP contribution in [0.15, 0.2) is 115 Å². The van der Waals surface area contributed by atoms with Crippen molar-refractivity contribution < 1.29 is 24.3 Å². The van der Waals surface area contributed by atoms with Crippen molar-refractivity contribution >= 4 is 57.6 Å². The molecule has 2 N–H and O–H groups in total. The first-order valence-corrected chi connectivity index (χ1v) is 17.2. The lowest BCUT2D eigenvalue weighted by molar-refractivity contribution is -0.138. The number of hydrogen-bond donors (Lipinski definition) is 2. The molecular formula is C39H32IN3O5. The zero-order chi connectivity index (χ0) is 33.3. The molecule has 8 rings (SSSR count). The number of aryl methyl sites for hydroxylation is 1. The van der Waals surface area contributed by atoms with Gasteiger partial charge in [0, 0.05) is 9.49 Å². The molecule has 4 aromatic carbocycles. The molecule has 6 unspecified atom stereocenters. The van der Waals surface area contributed by atoms with Crippen LogP contribution in [0.2, 0.25) is 0 Å². The van der Waals surface area contributed by atoms with E-state index in [0.717, 1.165) is 25.3 Å². The minimum Gasteiger partial charge on any atom is -0.508 e. The molecule has 8 nitrogen and oxygen atoms in total. The van der Waals surface area contributed by atoms with Crippen LogP contribution in [0.25, 0.3) is 0 Å². The minimum atomic E-state index is -1.34. The number of imide groups is 2. The summed E-state index contributed by atoms with van der Waals surface area (Å²) >= 11 is 2.19. The SMILES string of the molecule is Cc1ccc(NN2C(=O)C3CC4C(=CCC5C(=O)N(c6ccc(I)cc6)C(=O)C54)C(c4ccc(O)cc4)C3(c3ccccc3)C2=O)cc1. The van der Waals surface area contributed by atoms with E-state index in [4.69, 9.17) is 0 Å². The highest BCUT2D eigenvalue weighted by Gasteiger charge is 2.70. The average molecular weight is 750 g/mol. The number of halogens is 1. The highest BCUT2D eigenvalue weighted by Crippen LogP contribution is 2.64. The Labute approximate surface area is 291 Å². The van der Waals surface area contributed by atoms with Crippen molar-refractivity contribution in [2.45, 2.75) is 31.1 Å². The molecule has 0 bridgehead atoms. The fourth-order valence-corrected chi connectivity index (χ4v) is 8.99. The van der Waals surface area contributed by atoms with Crippen molar-refractivity contribution in [2.24, 2.45) is 23.7 Å². The summed E-state index contributed by atoms with van der Waals surface area (Å²) in [5.74, 6) is -4.35. The summed E-state index contributed by atoms with van der Waals surface area (Å²) in [5.41, 5.74) is 6.29. The molecule has 2 aliphatic heterocycles. The third-order valence-electron chi connectivity index (χ3n) is 10.7. The van der Waals surface area contributed by atoms with Crippen LogP contribution in [-0.2, 0) is 24.6 Å². The summed E-state index contributed by atoms with van der Waals surface area (Å²) in [5, 5.41) is 11.4. The molecule has 1 saturated carbocycles. The van der Waals surface area contributed by atoms with Crippen LogP contribution in [0.1, 0.15) is 35.4 Å². The molecular weight excluding hydrogens is 717 g/mol. The molecule has 4 aliphatic rings. The Morgan fingerprint density at radius 3 is 2.17 bits per heavy atom. The Hall–Kier alpha value is -4.77. The number of carbonyl (C=O) groups excluding carboxylic acids is 4. The molecule has 9 heteroatoms. The second kappa shape index (κ2) is 11.4. The van der Waals surface area contributed by atoms with E-state index in [-0.39, 0.29) is 35.8 Å². The number of carbonyl (C=O) groups is 4. The fraction of sp³-hybridized carbons (Fsp3) is 0.231. The third-order valence-corrected chi connectivity index (χ3v) is 11.4. The van der Waals surface area contributed by atoms with Crippen molar-refractivity contribution in [1.82, 2.24) is 5.01 Å². The number of amides is 4. The first kappa shape index (κ1) is 30.6. The monoisotopic (exact) mass is 749 g/mol. The van der Waals surface area contributed by atoms with E-state index in [0.29, 0.717) is 23.4 Å². The van der Waals surface area contributed by atoms with E-state index in [1.165, 1.54) is 4.90 Å². The van der Waals surface area contributed by atoms with Gasteiger partial charge < -0.3 is 5.11 Å². The smallest absolute Gasteiger partial charge is 0.260 e. The summed E-state index contributed by atoms with van der Waals surface area (Å²) < 4.78 is 0.992. The number of phenols is 1. The third kappa shape index (κ3) is 4.47. The fourth-order valence-electron chi connectivity index (χ4n) is 8.63. The molecule has 2 aliphatic carbocycles. The van der Waals surface area contributed by atoms with Gasteiger partial charge in [0.1, 0.15) is 5.75 Å². The number of nitrogens with one attached hydrogen (secondary N) is 1. The molecule has 48 heavy (non-hydrogen) atoms. The summed E-state index contributed by atoms with van der Waals surface area (Å²) in [6, 6.07) is 31.0. The number of rotatable bonds is 5. The number of anilines is 2. The van der Waals surface area contributed by atoms with Crippen molar-refractivity contribution in [3.63, 3.8) is 0 Å². The van der Waals surface area contributed by atoms with Crippen molar-refractivity contribution in [3.05, 3.63) is 135 Å². The van der Waals surface area contributed by atoms with Gasteiger partial charge in [0.15, 0.2) is 0 Å². The van der Waals surface area contributed by atoms with Crippen LogP contribution in [0.3, 0.4) is 0 Å². The van der Waals surface area contributed by atoms with E-state index >= 15 is 4.79 Å². The van der Waals surface area contributed by atoms with Gasteiger partial charge in [-0.1, -0.05) is 71.8 Å². The summed E-state index contributed by atoms with van der Waals surface area (Å²) in [6.07, 6.45) is 2.62. The first-order chi connectivity index (χ1) is 23.2. The minimum absolute atomic E-state index is 0.0790.